The molecule has 2 aromatic rings. The molecule has 0 fully saturated rings. The molecule has 2 atom stereocenters. The van der Waals surface area contributed by atoms with Crippen molar-refractivity contribution in [2.75, 3.05) is 18.5 Å². The van der Waals surface area contributed by atoms with Gasteiger partial charge in [-0.3, -0.25) is 19.0 Å². The molecule has 0 unspecified atom stereocenters. The van der Waals surface area contributed by atoms with Gasteiger partial charge in [-0.05, 0) is 43.5 Å². The summed E-state index contributed by atoms with van der Waals surface area (Å²) in [4.78, 5) is 40.3. The summed E-state index contributed by atoms with van der Waals surface area (Å²) in [5, 5.41) is 5.81. The first-order valence-corrected chi connectivity index (χ1v) is 10.2. The number of nitrogens with one attached hydrogen (secondary N) is 2. The summed E-state index contributed by atoms with van der Waals surface area (Å²) in [6, 6.07) is 9.83. The van der Waals surface area contributed by atoms with Crippen molar-refractivity contribution in [3.05, 3.63) is 58.5 Å². The van der Waals surface area contributed by atoms with Crippen LogP contribution in [0.3, 0.4) is 0 Å². The second-order valence-electron chi connectivity index (χ2n) is 8.79. The van der Waals surface area contributed by atoms with Crippen LogP contribution in [-0.2, 0) is 16.0 Å². The number of nitrogens with zero attached hydrogens (tertiary/aromatic N) is 2. The van der Waals surface area contributed by atoms with Crippen molar-refractivity contribution in [2.24, 2.45) is 5.41 Å². The average molecular weight is 411 g/mol. The van der Waals surface area contributed by atoms with E-state index in [9.17, 15) is 14.4 Å². The molecule has 160 valence electrons. The first kappa shape index (κ1) is 21.8. The van der Waals surface area contributed by atoms with E-state index < -0.39 is 17.5 Å². The molecule has 3 rings (SSSR count). The van der Waals surface area contributed by atoms with Crippen LogP contribution >= 0.6 is 0 Å². The number of anilines is 1. The SMILES string of the molecule is CN[C@@H](C)C(=O)N[C@H](C(=O)N1CCc2cc(=O)n(-c3ccccc3)cc21)C(C)(C)C. The Balaban J connectivity index is 1.96. The fourth-order valence-corrected chi connectivity index (χ4v) is 3.58. The van der Waals surface area contributed by atoms with E-state index in [1.54, 1.807) is 35.7 Å². The van der Waals surface area contributed by atoms with Gasteiger partial charge in [0.15, 0.2) is 0 Å². The van der Waals surface area contributed by atoms with Crippen LogP contribution in [0.1, 0.15) is 33.3 Å². The number of aromatic nitrogens is 1. The summed E-state index contributed by atoms with van der Waals surface area (Å²) in [6.07, 6.45) is 2.35. The number of likely N-dealkylation sites (N-methyl/N-ethyl adjacent to an activating group) is 1. The van der Waals surface area contributed by atoms with Crippen LogP contribution in [0.25, 0.3) is 5.69 Å². The van der Waals surface area contributed by atoms with Gasteiger partial charge in [0.2, 0.25) is 11.8 Å². The molecule has 1 aliphatic rings. The van der Waals surface area contributed by atoms with E-state index in [-0.39, 0.29) is 17.4 Å². The molecule has 0 saturated heterocycles. The highest BCUT2D eigenvalue weighted by Gasteiger charge is 2.39. The zero-order valence-corrected chi connectivity index (χ0v) is 18.2. The van der Waals surface area contributed by atoms with Gasteiger partial charge in [0.1, 0.15) is 6.04 Å². The minimum Gasteiger partial charge on any atom is -0.342 e. The summed E-state index contributed by atoms with van der Waals surface area (Å²) < 4.78 is 1.55. The van der Waals surface area contributed by atoms with Crippen LogP contribution < -0.4 is 21.1 Å². The standard InChI is InChI=1S/C23H30N4O3/c1-15(24-5)21(29)25-20(23(2,3)4)22(30)26-12-11-16-13-19(28)27(14-18(16)26)17-9-7-6-8-10-17/h6-10,13-15,20,24H,11-12H2,1-5H3,(H,25,29)/t15-,20+/m0/s1. The molecule has 1 aromatic heterocycles. The third kappa shape index (κ3) is 4.31. The minimum absolute atomic E-state index is 0.127. The van der Waals surface area contributed by atoms with Gasteiger partial charge in [0.25, 0.3) is 5.56 Å². The third-order valence-electron chi connectivity index (χ3n) is 5.54. The molecule has 30 heavy (non-hydrogen) atoms. The van der Waals surface area contributed by atoms with E-state index in [1.165, 1.54) is 0 Å². The maximum Gasteiger partial charge on any atom is 0.255 e. The predicted octanol–water partition coefficient (Wildman–Crippen LogP) is 1.87. The number of fused-ring (bicyclic) bond motifs is 1. The normalized spacial score (nSPS) is 15.4. The molecular weight excluding hydrogens is 380 g/mol. The summed E-state index contributed by atoms with van der Waals surface area (Å²) in [5.74, 6) is -0.393. The molecule has 0 saturated carbocycles. The van der Waals surface area contributed by atoms with Crippen LogP contribution in [0.5, 0.6) is 0 Å². The van der Waals surface area contributed by atoms with Crippen molar-refractivity contribution in [3.63, 3.8) is 0 Å². The first-order valence-electron chi connectivity index (χ1n) is 10.2. The quantitative estimate of drug-likeness (QED) is 0.788. The van der Waals surface area contributed by atoms with Gasteiger partial charge in [0, 0.05) is 24.5 Å². The van der Waals surface area contributed by atoms with Crippen LogP contribution in [0, 0.1) is 5.41 Å². The van der Waals surface area contributed by atoms with Gasteiger partial charge in [-0.15, -0.1) is 0 Å². The predicted molar refractivity (Wildman–Crippen MR) is 118 cm³/mol. The van der Waals surface area contributed by atoms with Crippen LogP contribution in [0.4, 0.5) is 5.69 Å². The van der Waals surface area contributed by atoms with Crippen molar-refractivity contribution < 1.29 is 9.59 Å². The highest BCUT2D eigenvalue weighted by atomic mass is 16.2. The largest absolute Gasteiger partial charge is 0.342 e. The molecule has 0 spiro atoms. The fraction of sp³-hybridized carbons (Fsp3) is 0.435. The lowest BCUT2D eigenvalue weighted by atomic mass is 9.85. The van der Waals surface area contributed by atoms with E-state index >= 15 is 0 Å². The topological polar surface area (TPSA) is 83.4 Å². The zero-order chi connectivity index (χ0) is 22.1. The Morgan fingerprint density at radius 2 is 1.80 bits per heavy atom. The Kier molecular flexibility index (Phi) is 6.12. The molecular formula is C23H30N4O3. The molecule has 2 N–H and O–H groups in total. The molecule has 0 radical (unpaired) electrons. The van der Waals surface area contributed by atoms with Crippen molar-refractivity contribution in [2.45, 2.75) is 46.2 Å². The number of hydrogen-bond donors (Lipinski definition) is 2. The van der Waals surface area contributed by atoms with Gasteiger partial charge in [0.05, 0.1) is 11.7 Å². The second-order valence-corrected chi connectivity index (χ2v) is 8.79. The molecule has 7 heteroatoms. The van der Waals surface area contributed by atoms with Crippen LogP contribution in [-0.4, -0.2) is 42.1 Å². The van der Waals surface area contributed by atoms with Gasteiger partial charge >= 0.3 is 0 Å². The lowest BCUT2D eigenvalue weighted by molar-refractivity contribution is -0.130. The molecule has 1 aromatic carbocycles. The molecule has 1 aliphatic heterocycles. The lowest BCUT2D eigenvalue weighted by Gasteiger charge is -2.34. The smallest absolute Gasteiger partial charge is 0.255 e. The summed E-state index contributed by atoms with van der Waals surface area (Å²) in [7, 11) is 1.71. The summed E-state index contributed by atoms with van der Waals surface area (Å²) >= 11 is 0. The Morgan fingerprint density at radius 1 is 1.13 bits per heavy atom. The number of carbonyl (C=O) groups excluding carboxylic acids is 2. The van der Waals surface area contributed by atoms with Crippen molar-refractivity contribution >= 4 is 17.5 Å². The van der Waals surface area contributed by atoms with E-state index in [0.717, 1.165) is 11.3 Å². The molecule has 0 bridgehead atoms. The molecule has 2 heterocycles. The highest BCUT2D eigenvalue weighted by molar-refractivity contribution is 6.01. The number of amides is 2. The Hall–Kier alpha value is -2.93. The number of pyridine rings is 1. The monoisotopic (exact) mass is 410 g/mol. The van der Waals surface area contributed by atoms with E-state index in [4.69, 9.17) is 0 Å². The summed E-state index contributed by atoms with van der Waals surface area (Å²) in [5.41, 5.74) is 1.71. The number of rotatable bonds is 5. The molecule has 2 amide bonds. The number of carbonyl (C=O) groups is 2. The maximum absolute atomic E-state index is 13.5. The highest BCUT2D eigenvalue weighted by Crippen LogP contribution is 2.30. The van der Waals surface area contributed by atoms with E-state index in [1.807, 2.05) is 51.1 Å². The lowest BCUT2D eigenvalue weighted by Crippen LogP contribution is -2.57. The molecule has 0 aliphatic carbocycles. The van der Waals surface area contributed by atoms with Gasteiger partial charge in [-0.25, -0.2) is 0 Å². The maximum atomic E-state index is 13.5. The van der Waals surface area contributed by atoms with Crippen molar-refractivity contribution in [1.29, 1.82) is 0 Å². The first-order chi connectivity index (χ1) is 14.1. The van der Waals surface area contributed by atoms with Gasteiger partial charge in [-0.1, -0.05) is 39.0 Å². The third-order valence-corrected chi connectivity index (χ3v) is 5.54. The molecule has 7 nitrogen and oxygen atoms in total. The van der Waals surface area contributed by atoms with E-state index in [2.05, 4.69) is 10.6 Å². The summed E-state index contributed by atoms with van der Waals surface area (Å²) in [6.45, 7) is 8.03. The zero-order valence-electron chi connectivity index (χ0n) is 18.2. The minimum atomic E-state index is -0.691. The van der Waals surface area contributed by atoms with Crippen LogP contribution in [0.15, 0.2) is 47.4 Å². The van der Waals surface area contributed by atoms with Crippen molar-refractivity contribution in [3.8, 4) is 5.69 Å². The van der Waals surface area contributed by atoms with Gasteiger partial charge in [-0.2, -0.15) is 0 Å². The fourth-order valence-electron chi connectivity index (χ4n) is 3.58. The van der Waals surface area contributed by atoms with Gasteiger partial charge < -0.3 is 15.5 Å². The number of benzene rings is 1. The Bertz CT molecular complexity index is 992. The average Bonchev–Trinajstić information content (AvgIpc) is 3.12. The van der Waals surface area contributed by atoms with Crippen molar-refractivity contribution in [1.82, 2.24) is 15.2 Å². The van der Waals surface area contributed by atoms with E-state index in [0.29, 0.717) is 18.7 Å². The second kappa shape index (κ2) is 8.44. The van der Waals surface area contributed by atoms with Crippen LogP contribution in [0.2, 0.25) is 0 Å². The number of para-hydroxylation sites is 1. The Labute approximate surface area is 177 Å². The Morgan fingerprint density at radius 3 is 2.40 bits per heavy atom. The number of hydrogen-bond acceptors (Lipinski definition) is 4.